The van der Waals surface area contributed by atoms with E-state index in [1.807, 2.05) is 23.5 Å². The number of para-hydroxylation sites is 1. The molecular formula is C54H33NOS. The van der Waals surface area contributed by atoms with Gasteiger partial charge in [-0.3, -0.25) is 0 Å². The molecule has 12 rings (SSSR count). The number of anilines is 3. The van der Waals surface area contributed by atoms with Gasteiger partial charge in [0.15, 0.2) is 0 Å². The summed E-state index contributed by atoms with van der Waals surface area (Å²) in [6.45, 7) is 0. The maximum absolute atomic E-state index is 6.26. The Kier molecular flexibility index (Phi) is 7.13. The Morgan fingerprint density at radius 1 is 0.316 bits per heavy atom. The Morgan fingerprint density at radius 3 is 1.46 bits per heavy atom. The molecule has 0 radical (unpaired) electrons. The van der Waals surface area contributed by atoms with Crippen LogP contribution in [0.3, 0.4) is 0 Å². The molecule has 266 valence electrons. The van der Waals surface area contributed by atoms with E-state index in [1.54, 1.807) is 0 Å². The fourth-order valence-electron chi connectivity index (χ4n) is 9.09. The minimum absolute atomic E-state index is 0.904. The molecule has 2 aromatic heterocycles. The molecule has 0 N–H and O–H groups in total. The lowest BCUT2D eigenvalue weighted by atomic mass is 9.94. The molecule has 3 heteroatoms. The SMILES string of the molecule is c1ccc2c(c1)oc1cccc(-c3ccc(N(c4ccc(-c5cccc6sc7ccccc7c56)cc4)c4ccc5c6ccccc6c6ccccc6c5c4)cc3)c12. The third kappa shape index (κ3) is 5.03. The number of rotatable bonds is 5. The zero-order chi connectivity index (χ0) is 37.5. The molecule has 0 atom stereocenters. The van der Waals surface area contributed by atoms with E-state index in [2.05, 4.69) is 193 Å². The molecule has 0 saturated heterocycles. The highest BCUT2D eigenvalue weighted by Gasteiger charge is 2.18. The Balaban J connectivity index is 1.03. The van der Waals surface area contributed by atoms with Crippen molar-refractivity contribution in [1.29, 1.82) is 0 Å². The average Bonchev–Trinajstić information content (AvgIpc) is 3.86. The summed E-state index contributed by atoms with van der Waals surface area (Å²) >= 11 is 1.86. The first kappa shape index (κ1) is 32.1. The van der Waals surface area contributed by atoms with Gasteiger partial charge in [-0.2, -0.15) is 0 Å². The molecule has 0 spiro atoms. The van der Waals surface area contributed by atoms with Crippen molar-refractivity contribution < 1.29 is 4.42 Å². The van der Waals surface area contributed by atoms with Crippen LogP contribution in [0.1, 0.15) is 0 Å². The van der Waals surface area contributed by atoms with Gasteiger partial charge in [0.1, 0.15) is 11.2 Å². The predicted octanol–water partition coefficient (Wildman–Crippen LogP) is 16.2. The van der Waals surface area contributed by atoms with Gasteiger partial charge in [-0.1, -0.05) is 140 Å². The number of benzene rings is 10. The number of thiophene rings is 1. The molecule has 0 amide bonds. The maximum Gasteiger partial charge on any atom is 0.136 e. The molecule has 10 aromatic carbocycles. The normalized spacial score (nSPS) is 11.9. The zero-order valence-electron chi connectivity index (χ0n) is 30.8. The first-order valence-corrected chi connectivity index (χ1v) is 20.2. The van der Waals surface area contributed by atoms with Crippen LogP contribution in [0.25, 0.3) is 96.7 Å². The van der Waals surface area contributed by atoms with E-state index in [0.29, 0.717) is 0 Å². The molecule has 12 aromatic rings. The highest BCUT2D eigenvalue weighted by atomic mass is 32.1. The van der Waals surface area contributed by atoms with E-state index in [4.69, 9.17) is 4.42 Å². The van der Waals surface area contributed by atoms with Gasteiger partial charge in [-0.25, -0.2) is 0 Å². The topological polar surface area (TPSA) is 16.4 Å². The Hall–Kier alpha value is -7.20. The summed E-state index contributed by atoms with van der Waals surface area (Å²) < 4.78 is 8.89. The van der Waals surface area contributed by atoms with E-state index in [0.717, 1.165) is 44.6 Å². The van der Waals surface area contributed by atoms with E-state index in [-0.39, 0.29) is 0 Å². The molecule has 0 unspecified atom stereocenters. The van der Waals surface area contributed by atoms with Gasteiger partial charge in [-0.15, -0.1) is 11.3 Å². The minimum Gasteiger partial charge on any atom is -0.456 e. The van der Waals surface area contributed by atoms with E-state index in [9.17, 15) is 0 Å². The summed E-state index contributed by atoms with van der Waals surface area (Å²) in [6, 6.07) is 72.8. The summed E-state index contributed by atoms with van der Waals surface area (Å²) in [7, 11) is 0. The van der Waals surface area contributed by atoms with Crippen LogP contribution >= 0.6 is 11.3 Å². The second kappa shape index (κ2) is 12.7. The van der Waals surface area contributed by atoms with Gasteiger partial charge in [0.05, 0.1) is 0 Å². The lowest BCUT2D eigenvalue weighted by Crippen LogP contribution is -2.10. The summed E-state index contributed by atoms with van der Waals surface area (Å²) in [6.07, 6.45) is 0. The Bertz CT molecular complexity index is 3330. The highest BCUT2D eigenvalue weighted by molar-refractivity contribution is 7.25. The molecular weight excluding hydrogens is 711 g/mol. The Labute approximate surface area is 333 Å². The summed E-state index contributed by atoms with van der Waals surface area (Å²) in [5.74, 6) is 0. The van der Waals surface area contributed by atoms with E-state index < -0.39 is 0 Å². The van der Waals surface area contributed by atoms with Crippen molar-refractivity contribution in [3.8, 4) is 22.3 Å². The summed E-state index contributed by atoms with van der Waals surface area (Å²) in [4.78, 5) is 2.39. The van der Waals surface area contributed by atoms with Gasteiger partial charge in [0, 0.05) is 48.0 Å². The van der Waals surface area contributed by atoms with Crippen molar-refractivity contribution in [3.05, 3.63) is 200 Å². The van der Waals surface area contributed by atoms with Crippen molar-refractivity contribution in [2.75, 3.05) is 4.90 Å². The van der Waals surface area contributed by atoms with Crippen LogP contribution in [0.15, 0.2) is 205 Å². The van der Waals surface area contributed by atoms with E-state index in [1.165, 1.54) is 69.2 Å². The maximum atomic E-state index is 6.26. The summed E-state index contributed by atoms with van der Waals surface area (Å²) in [5, 5.41) is 12.5. The first-order chi connectivity index (χ1) is 28.3. The third-order valence-corrected chi connectivity index (χ3v) is 12.8. The minimum atomic E-state index is 0.904. The van der Waals surface area contributed by atoms with Gasteiger partial charge in [0.25, 0.3) is 0 Å². The lowest BCUT2D eigenvalue weighted by Gasteiger charge is -2.27. The fraction of sp³-hybridized carbons (Fsp3) is 0. The molecule has 0 fully saturated rings. The van der Waals surface area contributed by atoms with Crippen LogP contribution < -0.4 is 4.90 Å². The number of fused-ring (bicyclic) bond motifs is 12. The van der Waals surface area contributed by atoms with Crippen LogP contribution in [-0.4, -0.2) is 0 Å². The Morgan fingerprint density at radius 2 is 0.789 bits per heavy atom. The van der Waals surface area contributed by atoms with E-state index >= 15 is 0 Å². The molecule has 2 nitrogen and oxygen atoms in total. The summed E-state index contributed by atoms with van der Waals surface area (Å²) in [5.41, 5.74) is 9.90. The molecule has 0 aliphatic heterocycles. The van der Waals surface area contributed by atoms with Gasteiger partial charge >= 0.3 is 0 Å². The largest absolute Gasteiger partial charge is 0.456 e. The second-order valence-electron chi connectivity index (χ2n) is 14.8. The lowest BCUT2D eigenvalue weighted by molar-refractivity contribution is 0.669. The fourth-order valence-corrected chi connectivity index (χ4v) is 10.2. The third-order valence-electron chi connectivity index (χ3n) is 11.7. The molecule has 0 bridgehead atoms. The van der Waals surface area contributed by atoms with Crippen molar-refractivity contribution in [3.63, 3.8) is 0 Å². The van der Waals surface area contributed by atoms with Gasteiger partial charge < -0.3 is 9.32 Å². The number of nitrogens with zero attached hydrogens (tertiary/aromatic N) is 1. The van der Waals surface area contributed by atoms with Crippen LogP contribution in [0.5, 0.6) is 0 Å². The van der Waals surface area contributed by atoms with Gasteiger partial charge in [0.2, 0.25) is 0 Å². The molecule has 57 heavy (non-hydrogen) atoms. The smallest absolute Gasteiger partial charge is 0.136 e. The quantitative estimate of drug-likeness (QED) is 0.163. The number of furan rings is 1. The van der Waals surface area contributed by atoms with Crippen molar-refractivity contribution in [2.45, 2.75) is 0 Å². The molecule has 2 heterocycles. The van der Waals surface area contributed by atoms with Crippen molar-refractivity contribution in [2.24, 2.45) is 0 Å². The first-order valence-electron chi connectivity index (χ1n) is 19.4. The van der Waals surface area contributed by atoms with Crippen LogP contribution in [0, 0.1) is 0 Å². The monoisotopic (exact) mass is 743 g/mol. The van der Waals surface area contributed by atoms with Crippen molar-refractivity contribution in [1.82, 2.24) is 0 Å². The zero-order valence-corrected chi connectivity index (χ0v) is 31.6. The number of hydrogen-bond donors (Lipinski definition) is 0. The molecule has 0 aliphatic rings. The molecule has 0 saturated carbocycles. The van der Waals surface area contributed by atoms with Gasteiger partial charge in [-0.05, 0) is 115 Å². The average molecular weight is 744 g/mol. The van der Waals surface area contributed by atoms with Crippen molar-refractivity contribution >= 4 is 103 Å². The number of hydrogen-bond acceptors (Lipinski definition) is 3. The predicted molar refractivity (Wildman–Crippen MR) is 245 cm³/mol. The standard InChI is InChI=1S/C54H33NOS/c1-2-13-43-41(11-1)42-12-3-4-14-44(42)48-33-38(31-32-45(43)48)55(36-27-23-34(24-28-36)39-17-9-20-50-53(39)46-15-5-7-19-49(46)56-50)37-29-25-35(26-30-37)40-18-10-22-52-54(40)47-16-6-8-21-51(47)57-52/h1-33H. The van der Waals surface area contributed by atoms with Crippen LogP contribution in [0.2, 0.25) is 0 Å². The molecule has 0 aliphatic carbocycles. The highest BCUT2D eigenvalue weighted by Crippen LogP contribution is 2.44. The van der Waals surface area contributed by atoms with Crippen LogP contribution in [0.4, 0.5) is 17.1 Å². The second-order valence-corrected chi connectivity index (χ2v) is 15.9. The van der Waals surface area contributed by atoms with Crippen LogP contribution in [-0.2, 0) is 0 Å².